The maximum atomic E-state index is 12.2. The smallest absolute Gasteiger partial charge is 0.422 e. The van der Waals surface area contributed by atoms with Crippen LogP contribution in [0, 0.1) is 0 Å². The summed E-state index contributed by atoms with van der Waals surface area (Å²) >= 11 is 0. The lowest BCUT2D eigenvalue weighted by molar-refractivity contribution is -0.153. The SMILES string of the molecule is CN=C(NCc1ccc(NC(=O)OC)cc1)NCc1ccc(OCC(F)(F)F)cc1. The first kappa shape index (κ1) is 22.9. The number of carbonyl (C=O) groups is 1. The maximum absolute atomic E-state index is 12.2. The Kier molecular flexibility index (Phi) is 8.33. The van der Waals surface area contributed by atoms with Crippen LogP contribution < -0.4 is 20.7 Å². The molecule has 0 radical (unpaired) electrons. The van der Waals surface area contributed by atoms with E-state index in [9.17, 15) is 18.0 Å². The highest BCUT2D eigenvalue weighted by atomic mass is 19.4. The van der Waals surface area contributed by atoms with Gasteiger partial charge in [0, 0.05) is 25.8 Å². The molecule has 7 nitrogen and oxygen atoms in total. The number of alkyl halides is 3. The summed E-state index contributed by atoms with van der Waals surface area (Å²) in [6.45, 7) is -0.384. The molecular weight excluding hydrogens is 401 g/mol. The van der Waals surface area contributed by atoms with Gasteiger partial charge < -0.3 is 20.1 Å². The van der Waals surface area contributed by atoms with E-state index in [1.165, 1.54) is 19.2 Å². The molecule has 0 saturated heterocycles. The molecule has 30 heavy (non-hydrogen) atoms. The lowest BCUT2D eigenvalue weighted by atomic mass is 10.2. The van der Waals surface area contributed by atoms with Gasteiger partial charge in [0.05, 0.1) is 7.11 Å². The van der Waals surface area contributed by atoms with E-state index in [1.807, 2.05) is 12.1 Å². The molecule has 1 amide bonds. The lowest BCUT2D eigenvalue weighted by Crippen LogP contribution is -2.36. The van der Waals surface area contributed by atoms with Gasteiger partial charge in [0.15, 0.2) is 12.6 Å². The van der Waals surface area contributed by atoms with Crippen molar-refractivity contribution >= 4 is 17.7 Å². The fourth-order valence-electron chi connectivity index (χ4n) is 2.34. The maximum Gasteiger partial charge on any atom is 0.422 e. The number of amides is 1. The molecule has 2 aromatic carbocycles. The molecule has 162 valence electrons. The first-order valence-corrected chi connectivity index (χ1v) is 8.96. The molecule has 0 spiro atoms. The number of anilines is 1. The Morgan fingerprint density at radius 3 is 1.97 bits per heavy atom. The van der Waals surface area contributed by atoms with Gasteiger partial charge in [-0.05, 0) is 35.4 Å². The van der Waals surface area contributed by atoms with Crippen molar-refractivity contribution in [1.82, 2.24) is 10.6 Å². The number of nitrogens with one attached hydrogen (secondary N) is 3. The van der Waals surface area contributed by atoms with Gasteiger partial charge in [-0.3, -0.25) is 10.3 Å². The molecule has 0 saturated carbocycles. The second kappa shape index (κ2) is 10.9. The molecule has 0 aromatic heterocycles. The van der Waals surface area contributed by atoms with Crippen LogP contribution in [0.3, 0.4) is 0 Å². The molecule has 0 aliphatic heterocycles. The fourth-order valence-corrected chi connectivity index (χ4v) is 2.34. The topological polar surface area (TPSA) is 84.0 Å². The van der Waals surface area contributed by atoms with E-state index in [-0.39, 0.29) is 5.75 Å². The number of carbonyl (C=O) groups excluding carboxylic acids is 1. The minimum Gasteiger partial charge on any atom is -0.484 e. The molecule has 0 aliphatic rings. The Morgan fingerprint density at radius 2 is 1.50 bits per heavy atom. The number of methoxy groups -OCH3 is 1. The minimum absolute atomic E-state index is 0.156. The van der Waals surface area contributed by atoms with Gasteiger partial charge in [-0.2, -0.15) is 13.2 Å². The average Bonchev–Trinajstić information content (AvgIpc) is 2.73. The quantitative estimate of drug-likeness (QED) is 0.467. The molecule has 2 aromatic rings. The number of aliphatic imine (C=N–C) groups is 1. The molecule has 10 heteroatoms. The van der Waals surface area contributed by atoms with Crippen LogP contribution >= 0.6 is 0 Å². The number of guanidine groups is 1. The second-order valence-electron chi connectivity index (χ2n) is 6.14. The summed E-state index contributed by atoms with van der Waals surface area (Å²) in [5, 5.41) is 8.84. The van der Waals surface area contributed by atoms with Crippen molar-refractivity contribution < 1.29 is 27.4 Å². The zero-order valence-corrected chi connectivity index (χ0v) is 16.5. The predicted octanol–water partition coefficient (Wildman–Crippen LogP) is 3.67. The molecule has 0 aliphatic carbocycles. The van der Waals surface area contributed by atoms with Gasteiger partial charge >= 0.3 is 12.3 Å². The molecule has 3 N–H and O–H groups in total. The Morgan fingerprint density at radius 1 is 0.967 bits per heavy atom. The number of rotatable bonds is 7. The molecule has 0 atom stereocenters. The van der Waals surface area contributed by atoms with Crippen LogP contribution in [0.1, 0.15) is 11.1 Å². The fraction of sp³-hybridized carbons (Fsp3) is 0.300. The number of benzene rings is 2. The average molecular weight is 424 g/mol. The third-order valence-corrected chi connectivity index (χ3v) is 3.86. The summed E-state index contributed by atoms with van der Waals surface area (Å²) in [5.74, 6) is 0.716. The van der Waals surface area contributed by atoms with Gasteiger partial charge in [0.25, 0.3) is 0 Å². The molecule has 0 unspecified atom stereocenters. The van der Waals surface area contributed by atoms with Crippen molar-refractivity contribution in [2.45, 2.75) is 19.3 Å². The van der Waals surface area contributed by atoms with Crippen molar-refractivity contribution in [3.05, 3.63) is 59.7 Å². The summed E-state index contributed by atoms with van der Waals surface area (Å²) < 4.78 is 45.7. The van der Waals surface area contributed by atoms with Gasteiger partial charge in [-0.15, -0.1) is 0 Å². The van der Waals surface area contributed by atoms with E-state index in [0.717, 1.165) is 11.1 Å². The van der Waals surface area contributed by atoms with E-state index in [2.05, 4.69) is 30.4 Å². The van der Waals surface area contributed by atoms with E-state index in [1.54, 1.807) is 31.3 Å². The largest absolute Gasteiger partial charge is 0.484 e. The number of hydrogen-bond donors (Lipinski definition) is 3. The van der Waals surface area contributed by atoms with Gasteiger partial charge in [-0.25, -0.2) is 4.79 Å². The van der Waals surface area contributed by atoms with E-state index < -0.39 is 18.9 Å². The Balaban J connectivity index is 1.78. The van der Waals surface area contributed by atoms with Crippen molar-refractivity contribution in [2.75, 3.05) is 26.1 Å². The van der Waals surface area contributed by atoms with Crippen LogP contribution in [0.5, 0.6) is 5.75 Å². The zero-order chi connectivity index (χ0) is 22.0. The van der Waals surface area contributed by atoms with Crippen LogP contribution in [0.15, 0.2) is 53.5 Å². The van der Waals surface area contributed by atoms with Crippen molar-refractivity contribution in [1.29, 1.82) is 0 Å². The standard InChI is InChI=1S/C20H23F3N4O3/c1-24-18(25-11-14-3-7-16(8-4-14)27-19(28)29-2)26-12-15-5-9-17(10-6-15)30-13-20(21,22)23/h3-10H,11-13H2,1-2H3,(H,27,28)(H2,24,25,26). The lowest BCUT2D eigenvalue weighted by Gasteiger charge is -2.13. The third-order valence-electron chi connectivity index (χ3n) is 3.86. The minimum atomic E-state index is -4.36. The highest BCUT2D eigenvalue weighted by Gasteiger charge is 2.28. The highest BCUT2D eigenvalue weighted by molar-refractivity contribution is 5.84. The summed E-state index contributed by atoms with van der Waals surface area (Å²) in [5.41, 5.74) is 2.45. The van der Waals surface area contributed by atoms with Crippen LogP contribution in [0.4, 0.5) is 23.7 Å². The highest BCUT2D eigenvalue weighted by Crippen LogP contribution is 2.18. The van der Waals surface area contributed by atoms with Gasteiger partial charge in [0.1, 0.15) is 5.75 Å². The predicted molar refractivity (Wildman–Crippen MR) is 108 cm³/mol. The molecular formula is C20H23F3N4O3. The van der Waals surface area contributed by atoms with Gasteiger partial charge in [-0.1, -0.05) is 24.3 Å². The number of nitrogens with zero attached hydrogens (tertiary/aromatic N) is 1. The summed E-state index contributed by atoms with van der Waals surface area (Å²) in [6.07, 6.45) is -4.90. The van der Waals surface area contributed by atoms with E-state index in [4.69, 9.17) is 0 Å². The molecule has 2 rings (SSSR count). The number of ether oxygens (including phenoxy) is 2. The number of halogens is 3. The third kappa shape index (κ3) is 8.29. The first-order valence-electron chi connectivity index (χ1n) is 8.96. The van der Waals surface area contributed by atoms with Crippen molar-refractivity contribution in [3.63, 3.8) is 0 Å². The van der Waals surface area contributed by atoms with E-state index >= 15 is 0 Å². The Hall–Kier alpha value is -3.43. The van der Waals surface area contributed by atoms with Crippen LogP contribution in [0.25, 0.3) is 0 Å². The van der Waals surface area contributed by atoms with Crippen LogP contribution in [-0.2, 0) is 17.8 Å². The van der Waals surface area contributed by atoms with E-state index in [0.29, 0.717) is 24.7 Å². The summed E-state index contributed by atoms with van der Waals surface area (Å²) in [4.78, 5) is 15.3. The van der Waals surface area contributed by atoms with Crippen LogP contribution in [0.2, 0.25) is 0 Å². The second-order valence-corrected chi connectivity index (χ2v) is 6.14. The number of hydrogen-bond acceptors (Lipinski definition) is 4. The molecule has 0 bridgehead atoms. The van der Waals surface area contributed by atoms with Gasteiger partial charge in [0.2, 0.25) is 0 Å². The Labute approximate surface area is 172 Å². The van der Waals surface area contributed by atoms with Crippen LogP contribution in [-0.4, -0.2) is 39.0 Å². The molecule has 0 fully saturated rings. The molecule has 0 heterocycles. The Bertz CT molecular complexity index is 838. The van der Waals surface area contributed by atoms with Crippen molar-refractivity contribution in [3.8, 4) is 5.75 Å². The zero-order valence-electron chi connectivity index (χ0n) is 16.5. The normalized spacial score (nSPS) is 11.6. The monoisotopic (exact) mass is 424 g/mol. The summed E-state index contributed by atoms with van der Waals surface area (Å²) in [7, 11) is 2.93. The summed E-state index contributed by atoms with van der Waals surface area (Å²) in [6, 6.07) is 13.6. The first-order chi connectivity index (χ1) is 14.3. The van der Waals surface area contributed by atoms with Crippen molar-refractivity contribution in [2.24, 2.45) is 4.99 Å².